The fourth-order valence-electron chi connectivity index (χ4n) is 1.46. The van der Waals surface area contributed by atoms with E-state index in [-0.39, 0.29) is 5.01 Å². The van der Waals surface area contributed by atoms with Crippen molar-refractivity contribution < 1.29 is 9.90 Å². The Bertz CT molecular complexity index is 576. The number of hydrogen-bond donors (Lipinski definition) is 1. The Morgan fingerprint density at radius 3 is 2.76 bits per heavy atom. The van der Waals surface area contributed by atoms with E-state index in [1.165, 1.54) is 0 Å². The molecular formula is C10H10ClN3O2S. The largest absolute Gasteiger partial charge is 0.476 e. The lowest BCUT2D eigenvalue weighted by Crippen LogP contribution is -2.05. The quantitative estimate of drug-likeness (QED) is 0.930. The third-order valence-electron chi connectivity index (χ3n) is 2.34. The van der Waals surface area contributed by atoms with Crippen LogP contribution in [0.1, 0.15) is 26.9 Å². The summed E-state index contributed by atoms with van der Waals surface area (Å²) in [5.41, 5.74) is 2.29. The van der Waals surface area contributed by atoms with Crippen molar-refractivity contribution in [1.82, 2.24) is 14.8 Å². The van der Waals surface area contributed by atoms with Crippen molar-refractivity contribution in [2.45, 2.75) is 20.4 Å². The van der Waals surface area contributed by atoms with Crippen LogP contribution in [0.4, 0.5) is 0 Å². The number of nitrogens with zero attached hydrogens (tertiary/aromatic N) is 3. The van der Waals surface area contributed by atoms with Crippen molar-refractivity contribution in [3.05, 3.63) is 32.5 Å². The van der Waals surface area contributed by atoms with Gasteiger partial charge in [-0.1, -0.05) is 11.6 Å². The zero-order valence-corrected chi connectivity index (χ0v) is 10.8. The molecule has 0 saturated heterocycles. The molecule has 0 unspecified atom stereocenters. The number of halogens is 1. The number of hydrogen-bond acceptors (Lipinski definition) is 4. The monoisotopic (exact) mass is 271 g/mol. The van der Waals surface area contributed by atoms with Crippen molar-refractivity contribution in [1.29, 1.82) is 0 Å². The summed E-state index contributed by atoms with van der Waals surface area (Å²) in [4.78, 5) is 14.7. The van der Waals surface area contributed by atoms with Crippen LogP contribution >= 0.6 is 22.9 Å². The van der Waals surface area contributed by atoms with Gasteiger partial charge in [0.15, 0.2) is 0 Å². The van der Waals surface area contributed by atoms with Crippen LogP contribution in [0, 0.1) is 13.8 Å². The second-order valence-electron chi connectivity index (χ2n) is 3.59. The second-order valence-corrected chi connectivity index (χ2v) is 4.83. The predicted octanol–water partition coefficient (Wildman–Crippen LogP) is 2.36. The highest BCUT2D eigenvalue weighted by atomic mass is 35.5. The number of carboxylic acids is 1. The highest BCUT2D eigenvalue weighted by molar-refractivity contribution is 7.11. The molecule has 2 heterocycles. The molecular weight excluding hydrogens is 262 g/mol. The molecule has 0 atom stereocenters. The van der Waals surface area contributed by atoms with E-state index in [9.17, 15) is 4.79 Å². The molecule has 0 aliphatic carbocycles. The van der Waals surface area contributed by atoms with Crippen LogP contribution in [-0.2, 0) is 6.54 Å². The van der Waals surface area contributed by atoms with Gasteiger partial charge in [0, 0.05) is 5.38 Å². The fraction of sp³-hybridized carbons (Fsp3) is 0.300. The molecule has 2 aromatic rings. The van der Waals surface area contributed by atoms with Crippen LogP contribution in [0.25, 0.3) is 0 Å². The molecule has 2 aromatic heterocycles. The summed E-state index contributed by atoms with van der Waals surface area (Å²) in [7, 11) is 0. The van der Waals surface area contributed by atoms with Crippen molar-refractivity contribution in [3.63, 3.8) is 0 Å². The fourth-order valence-corrected chi connectivity index (χ4v) is 2.24. The molecule has 0 radical (unpaired) electrons. The Labute approximate surface area is 107 Å². The molecule has 90 valence electrons. The van der Waals surface area contributed by atoms with E-state index < -0.39 is 5.97 Å². The van der Waals surface area contributed by atoms with Gasteiger partial charge in [-0.25, -0.2) is 9.78 Å². The maximum Gasteiger partial charge on any atom is 0.365 e. The van der Waals surface area contributed by atoms with Crippen LogP contribution in [0.3, 0.4) is 0 Å². The lowest BCUT2D eigenvalue weighted by atomic mass is 10.4. The minimum absolute atomic E-state index is 0.0904. The summed E-state index contributed by atoms with van der Waals surface area (Å²) in [5, 5.41) is 15.5. The van der Waals surface area contributed by atoms with Gasteiger partial charge in [0.2, 0.25) is 5.01 Å². The predicted molar refractivity (Wildman–Crippen MR) is 64.9 cm³/mol. The first-order valence-electron chi connectivity index (χ1n) is 4.86. The first-order valence-corrected chi connectivity index (χ1v) is 6.12. The number of carbonyl (C=O) groups is 1. The van der Waals surface area contributed by atoms with E-state index in [1.54, 1.807) is 10.1 Å². The molecule has 7 heteroatoms. The molecule has 0 aliphatic heterocycles. The van der Waals surface area contributed by atoms with Crippen molar-refractivity contribution in [3.8, 4) is 0 Å². The van der Waals surface area contributed by atoms with Crippen LogP contribution in [0.5, 0.6) is 0 Å². The Morgan fingerprint density at radius 1 is 1.59 bits per heavy atom. The van der Waals surface area contributed by atoms with Crippen molar-refractivity contribution in [2.24, 2.45) is 0 Å². The molecule has 0 spiro atoms. The van der Waals surface area contributed by atoms with E-state index in [0.717, 1.165) is 22.7 Å². The highest BCUT2D eigenvalue weighted by Crippen LogP contribution is 2.20. The van der Waals surface area contributed by atoms with Gasteiger partial charge >= 0.3 is 5.97 Å². The van der Waals surface area contributed by atoms with E-state index in [4.69, 9.17) is 16.7 Å². The average Bonchev–Trinajstić information content (AvgIpc) is 2.82. The van der Waals surface area contributed by atoms with E-state index in [1.807, 2.05) is 13.8 Å². The zero-order chi connectivity index (χ0) is 12.6. The number of carboxylic acid groups (broad SMARTS) is 1. The van der Waals surface area contributed by atoms with Gasteiger partial charge in [-0.05, 0) is 13.8 Å². The minimum atomic E-state index is -1.01. The number of rotatable bonds is 3. The summed E-state index contributed by atoms with van der Waals surface area (Å²) in [6.45, 7) is 4.13. The summed E-state index contributed by atoms with van der Waals surface area (Å²) in [6.07, 6.45) is 0. The summed E-state index contributed by atoms with van der Waals surface area (Å²) in [6, 6.07) is 0. The molecule has 17 heavy (non-hydrogen) atoms. The molecule has 0 aliphatic rings. The molecule has 5 nitrogen and oxygen atoms in total. The summed E-state index contributed by atoms with van der Waals surface area (Å²) >= 11 is 7.13. The molecule has 0 fully saturated rings. The lowest BCUT2D eigenvalue weighted by Gasteiger charge is -2.00. The summed E-state index contributed by atoms with van der Waals surface area (Å²) < 4.78 is 1.72. The van der Waals surface area contributed by atoms with Crippen LogP contribution in [0.2, 0.25) is 5.02 Å². The normalized spacial score (nSPS) is 10.8. The summed E-state index contributed by atoms with van der Waals surface area (Å²) in [5.74, 6) is -1.01. The van der Waals surface area contributed by atoms with E-state index in [0.29, 0.717) is 17.3 Å². The number of thiazole rings is 1. The number of aromatic nitrogens is 3. The van der Waals surface area contributed by atoms with Crippen LogP contribution in [-0.4, -0.2) is 25.8 Å². The first-order chi connectivity index (χ1) is 7.99. The van der Waals surface area contributed by atoms with E-state index in [2.05, 4.69) is 10.1 Å². The second kappa shape index (κ2) is 4.46. The van der Waals surface area contributed by atoms with E-state index >= 15 is 0 Å². The Morgan fingerprint density at radius 2 is 2.29 bits per heavy atom. The van der Waals surface area contributed by atoms with Crippen molar-refractivity contribution in [2.75, 3.05) is 0 Å². The molecule has 0 saturated carbocycles. The average molecular weight is 272 g/mol. The Balaban J connectivity index is 2.25. The third-order valence-corrected chi connectivity index (χ3v) is 3.77. The molecule has 0 amide bonds. The Hall–Kier alpha value is -1.40. The Kier molecular flexibility index (Phi) is 3.17. The van der Waals surface area contributed by atoms with Gasteiger partial charge in [0.25, 0.3) is 0 Å². The zero-order valence-electron chi connectivity index (χ0n) is 9.27. The van der Waals surface area contributed by atoms with Crippen LogP contribution < -0.4 is 0 Å². The maximum atomic E-state index is 10.7. The van der Waals surface area contributed by atoms with Gasteiger partial charge in [0.1, 0.15) is 0 Å². The van der Waals surface area contributed by atoms with Gasteiger partial charge in [0.05, 0.1) is 28.6 Å². The third kappa shape index (κ3) is 2.32. The minimum Gasteiger partial charge on any atom is -0.476 e. The highest BCUT2D eigenvalue weighted by Gasteiger charge is 2.13. The van der Waals surface area contributed by atoms with Gasteiger partial charge in [-0.2, -0.15) is 5.10 Å². The molecule has 2 rings (SSSR count). The smallest absolute Gasteiger partial charge is 0.365 e. The standard InChI is InChI=1S/C10H10ClN3O2S/c1-5-8(11)6(2)14(13-5)3-7-4-17-9(12-7)10(15)16/h4H,3H2,1-2H3,(H,15,16). The maximum absolute atomic E-state index is 10.7. The van der Waals surface area contributed by atoms with Crippen molar-refractivity contribution >= 4 is 28.9 Å². The first kappa shape index (κ1) is 12.1. The SMILES string of the molecule is Cc1nn(Cc2csc(C(=O)O)n2)c(C)c1Cl. The molecule has 0 aromatic carbocycles. The van der Waals surface area contributed by atoms with Gasteiger partial charge in [-0.3, -0.25) is 4.68 Å². The lowest BCUT2D eigenvalue weighted by molar-refractivity contribution is 0.0696. The molecule has 1 N–H and O–H groups in total. The topological polar surface area (TPSA) is 68.0 Å². The van der Waals surface area contributed by atoms with Crippen LogP contribution in [0.15, 0.2) is 5.38 Å². The number of aryl methyl sites for hydroxylation is 1. The van der Waals surface area contributed by atoms with Gasteiger partial charge in [-0.15, -0.1) is 11.3 Å². The molecule has 0 bridgehead atoms. The number of aromatic carboxylic acids is 1. The van der Waals surface area contributed by atoms with Gasteiger partial charge < -0.3 is 5.11 Å².